The Morgan fingerprint density at radius 2 is 1.82 bits per heavy atom. The zero-order valence-corrected chi connectivity index (χ0v) is 13.7. The number of ether oxygens (including phenoxy) is 1. The number of allylic oxidation sites excluding steroid dienone is 1. The largest absolute Gasteiger partial charge is 0.462 e. The standard InChI is InChI=1S/C16H22O5S/c1-13(11-12-21-14(2)17)5-3-4-6-15-7-9-16(10-8-15)22(18,19)20/h7-11H,3-6,12H2,1-2H3,(H,18,19,20)/b13-11+. The Morgan fingerprint density at radius 1 is 1.18 bits per heavy atom. The first-order valence-electron chi connectivity index (χ1n) is 7.14. The lowest BCUT2D eigenvalue weighted by molar-refractivity contribution is -0.139. The topological polar surface area (TPSA) is 80.7 Å². The molecular formula is C16H22O5S. The number of esters is 1. The van der Waals surface area contributed by atoms with Crippen LogP contribution in [-0.2, 0) is 26.1 Å². The van der Waals surface area contributed by atoms with Crippen LogP contribution in [0.4, 0.5) is 0 Å². The van der Waals surface area contributed by atoms with Crippen molar-refractivity contribution < 1.29 is 22.5 Å². The van der Waals surface area contributed by atoms with Crippen LogP contribution in [-0.4, -0.2) is 25.5 Å². The lowest BCUT2D eigenvalue weighted by Gasteiger charge is -2.04. The van der Waals surface area contributed by atoms with Gasteiger partial charge in [0.2, 0.25) is 0 Å². The number of hydrogen-bond donors (Lipinski definition) is 1. The van der Waals surface area contributed by atoms with Crippen molar-refractivity contribution in [1.29, 1.82) is 0 Å². The number of hydrogen-bond acceptors (Lipinski definition) is 4. The lowest BCUT2D eigenvalue weighted by atomic mass is 10.0. The van der Waals surface area contributed by atoms with Crippen molar-refractivity contribution in [1.82, 2.24) is 0 Å². The molecular weight excluding hydrogens is 304 g/mol. The minimum atomic E-state index is -4.11. The van der Waals surface area contributed by atoms with Gasteiger partial charge < -0.3 is 4.74 Å². The van der Waals surface area contributed by atoms with Crippen molar-refractivity contribution in [2.45, 2.75) is 44.4 Å². The molecule has 0 atom stereocenters. The van der Waals surface area contributed by atoms with Crippen LogP contribution >= 0.6 is 0 Å². The molecule has 0 unspecified atom stereocenters. The highest BCUT2D eigenvalue weighted by Gasteiger charge is 2.08. The van der Waals surface area contributed by atoms with E-state index < -0.39 is 10.1 Å². The zero-order chi connectivity index (χ0) is 16.6. The van der Waals surface area contributed by atoms with Crippen LogP contribution in [0.15, 0.2) is 40.8 Å². The number of carbonyl (C=O) groups is 1. The normalized spacial score (nSPS) is 12.2. The van der Waals surface area contributed by atoms with E-state index in [0.717, 1.165) is 31.2 Å². The van der Waals surface area contributed by atoms with Gasteiger partial charge in [0.05, 0.1) is 4.90 Å². The molecule has 0 aromatic heterocycles. The van der Waals surface area contributed by atoms with Crippen molar-refractivity contribution in [3.8, 4) is 0 Å². The molecule has 122 valence electrons. The number of unbranched alkanes of at least 4 members (excludes halogenated alkanes) is 1. The van der Waals surface area contributed by atoms with Gasteiger partial charge in [0.25, 0.3) is 10.1 Å². The van der Waals surface area contributed by atoms with Gasteiger partial charge in [0, 0.05) is 6.92 Å². The fourth-order valence-electron chi connectivity index (χ4n) is 1.96. The Balaban J connectivity index is 2.31. The van der Waals surface area contributed by atoms with Crippen LogP contribution in [0, 0.1) is 0 Å². The summed E-state index contributed by atoms with van der Waals surface area (Å²) in [6, 6.07) is 6.25. The van der Waals surface area contributed by atoms with Crippen molar-refractivity contribution in [3.63, 3.8) is 0 Å². The highest BCUT2D eigenvalue weighted by Crippen LogP contribution is 2.14. The summed E-state index contributed by atoms with van der Waals surface area (Å²) in [6.45, 7) is 3.71. The summed E-state index contributed by atoms with van der Waals surface area (Å²) in [7, 11) is -4.11. The molecule has 0 aliphatic rings. The molecule has 0 bridgehead atoms. The Bertz CT molecular complexity index is 614. The lowest BCUT2D eigenvalue weighted by Crippen LogP contribution is -1.98. The number of carbonyl (C=O) groups excluding carboxylic acids is 1. The van der Waals surface area contributed by atoms with Gasteiger partial charge in [-0.25, -0.2) is 0 Å². The van der Waals surface area contributed by atoms with E-state index >= 15 is 0 Å². The van der Waals surface area contributed by atoms with E-state index in [9.17, 15) is 13.2 Å². The molecule has 5 nitrogen and oxygen atoms in total. The molecule has 1 N–H and O–H groups in total. The summed E-state index contributed by atoms with van der Waals surface area (Å²) in [5.41, 5.74) is 2.22. The second kappa shape index (κ2) is 8.70. The monoisotopic (exact) mass is 326 g/mol. The third kappa shape index (κ3) is 7.38. The van der Waals surface area contributed by atoms with E-state index in [1.165, 1.54) is 24.6 Å². The van der Waals surface area contributed by atoms with E-state index in [1.54, 1.807) is 12.1 Å². The molecule has 0 aliphatic carbocycles. The van der Waals surface area contributed by atoms with Crippen LogP contribution in [0.2, 0.25) is 0 Å². The molecule has 1 aromatic carbocycles. The van der Waals surface area contributed by atoms with E-state index in [1.807, 2.05) is 13.0 Å². The van der Waals surface area contributed by atoms with Gasteiger partial charge in [-0.1, -0.05) is 17.7 Å². The summed E-state index contributed by atoms with van der Waals surface area (Å²) in [6.07, 6.45) is 5.67. The second-order valence-electron chi connectivity index (χ2n) is 5.18. The fraction of sp³-hybridized carbons (Fsp3) is 0.438. The van der Waals surface area contributed by atoms with Gasteiger partial charge in [-0.15, -0.1) is 0 Å². The van der Waals surface area contributed by atoms with E-state index in [2.05, 4.69) is 0 Å². The molecule has 0 heterocycles. The second-order valence-corrected chi connectivity index (χ2v) is 6.60. The zero-order valence-electron chi connectivity index (χ0n) is 12.9. The maximum Gasteiger partial charge on any atom is 0.302 e. The Hall–Kier alpha value is -1.66. The smallest absolute Gasteiger partial charge is 0.302 e. The predicted octanol–water partition coefficient (Wildman–Crippen LogP) is 3.16. The predicted molar refractivity (Wildman–Crippen MR) is 84.2 cm³/mol. The summed E-state index contributed by atoms with van der Waals surface area (Å²) in [5.74, 6) is -0.280. The van der Waals surface area contributed by atoms with Crippen LogP contribution in [0.5, 0.6) is 0 Å². The minimum absolute atomic E-state index is 0.0829. The summed E-state index contributed by atoms with van der Waals surface area (Å²) in [5, 5.41) is 0. The molecule has 0 saturated carbocycles. The molecule has 0 amide bonds. The summed E-state index contributed by atoms with van der Waals surface area (Å²) < 4.78 is 35.6. The van der Waals surface area contributed by atoms with E-state index in [-0.39, 0.29) is 10.9 Å². The molecule has 0 saturated heterocycles. The number of aryl methyl sites for hydroxylation is 1. The molecule has 6 heteroatoms. The van der Waals surface area contributed by atoms with Gasteiger partial charge in [0.1, 0.15) is 6.61 Å². The van der Waals surface area contributed by atoms with Crippen LogP contribution in [0.1, 0.15) is 38.7 Å². The van der Waals surface area contributed by atoms with Crippen molar-refractivity contribution in [2.75, 3.05) is 6.61 Å². The Kier molecular flexibility index (Phi) is 7.27. The average Bonchev–Trinajstić information content (AvgIpc) is 2.43. The first-order chi connectivity index (χ1) is 10.3. The first kappa shape index (κ1) is 18.4. The third-order valence-electron chi connectivity index (χ3n) is 3.23. The molecule has 0 radical (unpaired) electrons. The highest BCUT2D eigenvalue weighted by molar-refractivity contribution is 7.85. The van der Waals surface area contributed by atoms with Crippen molar-refractivity contribution >= 4 is 16.1 Å². The van der Waals surface area contributed by atoms with Gasteiger partial charge in [-0.2, -0.15) is 8.42 Å². The van der Waals surface area contributed by atoms with Gasteiger partial charge in [-0.3, -0.25) is 9.35 Å². The molecule has 22 heavy (non-hydrogen) atoms. The first-order valence-corrected chi connectivity index (χ1v) is 8.58. The maximum absolute atomic E-state index is 10.9. The van der Waals surface area contributed by atoms with Crippen LogP contribution in [0.25, 0.3) is 0 Å². The molecule has 1 rings (SSSR count). The van der Waals surface area contributed by atoms with Crippen LogP contribution < -0.4 is 0 Å². The van der Waals surface area contributed by atoms with Gasteiger partial charge >= 0.3 is 5.97 Å². The van der Waals surface area contributed by atoms with Gasteiger partial charge in [0.15, 0.2) is 0 Å². The van der Waals surface area contributed by atoms with Crippen molar-refractivity contribution in [2.24, 2.45) is 0 Å². The fourth-order valence-corrected chi connectivity index (χ4v) is 2.44. The maximum atomic E-state index is 10.9. The quantitative estimate of drug-likeness (QED) is 0.343. The Labute approximate surface area is 131 Å². The SMILES string of the molecule is CC(=O)OC/C=C(\C)CCCCc1ccc(S(=O)(=O)O)cc1. The summed E-state index contributed by atoms with van der Waals surface area (Å²) >= 11 is 0. The molecule has 0 spiro atoms. The third-order valence-corrected chi connectivity index (χ3v) is 4.09. The molecule has 0 fully saturated rings. The Morgan fingerprint density at radius 3 is 2.36 bits per heavy atom. The van der Waals surface area contributed by atoms with Crippen molar-refractivity contribution in [3.05, 3.63) is 41.5 Å². The minimum Gasteiger partial charge on any atom is -0.462 e. The summed E-state index contributed by atoms with van der Waals surface area (Å²) in [4.78, 5) is 10.5. The van der Waals surface area contributed by atoms with Gasteiger partial charge in [-0.05, 0) is 56.4 Å². The number of benzene rings is 1. The van der Waals surface area contributed by atoms with Crippen LogP contribution in [0.3, 0.4) is 0 Å². The molecule has 1 aromatic rings. The average molecular weight is 326 g/mol. The number of rotatable bonds is 8. The molecule has 0 aliphatic heterocycles. The van der Waals surface area contributed by atoms with E-state index in [4.69, 9.17) is 9.29 Å². The highest BCUT2D eigenvalue weighted by atomic mass is 32.2. The van der Waals surface area contributed by atoms with E-state index in [0.29, 0.717) is 6.61 Å².